The van der Waals surface area contributed by atoms with Crippen molar-refractivity contribution in [3.05, 3.63) is 127 Å². The van der Waals surface area contributed by atoms with E-state index >= 15 is 0 Å². The van der Waals surface area contributed by atoms with E-state index in [0.29, 0.717) is 38.0 Å². The lowest BCUT2D eigenvalue weighted by Gasteiger charge is -2.34. The van der Waals surface area contributed by atoms with Gasteiger partial charge in [0.05, 0.1) is 29.1 Å². The van der Waals surface area contributed by atoms with E-state index in [4.69, 9.17) is 16.3 Å². The molecule has 0 bridgehead atoms. The summed E-state index contributed by atoms with van der Waals surface area (Å²) in [7, 11) is 0. The Morgan fingerprint density at radius 2 is 1.84 bits per heavy atom. The molecule has 10 nitrogen and oxygen atoms in total. The summed E-state index contributed by atoms with van der Waals surface area (Å²) >= 11 is 9.71. The molecule has 12 heteroatoms. The molecule has 2 aliphatic rings. The first kappa shape index (κ1) is 32.8. The molecule has 2 amide bonds. The van der Waals surface area contributed by atoms with Crippen LogP contribution in [-0.4, -0.2) is 48.0 Å². The van der Waals surface area contributed by atoms with Crippen molar-refractivity contribution in [2.24, 2.45) is 0 Å². The first-order chi connectivity index (χ1) is 23.7. The van der Waals surface area contributed by atoms with E-state index < -0.39 is 5.91 Å². The van der Waals surface area contributed by atoms with Gasteiger partial charge in [0.2, 0.25) is 0 Å². The Morgan fingerprint density at radius 1 is 1.06 bits per heavy atom. The van der Waals surface area contributed by atoms with Crippen LogP contribution in [0.4, 0.5) is 0 Å². The number of halogens is 2. The normalized spacial score (nSPS) is 15.5. The number of benzene rings is 3. The fraction of sp³-hybridized carbons (Fsp3) is 0.270. The largest absolute Gasteiger partial charge is 0.490 e. The van der Waals surface area contributed by atoms with Crippen LogP contribution in [0.5, 0.6) is 5.75 Å². The first-order valence-corrected chi connectivity index (χ1v) is 17.4. The molecule has 0 radical (unpaired) electrons. The maximum atomic E-state index is 14.3. The van der Waals surface area contributed by atoms with Crippen LogP contribution in [-0.2, 0) is 26.1 Å². The van der Waals surface area contributed by atoms with Gasteiger partial charge in [0.1, 0.15) is 11.4 Å². The summed E-state index contributed by atoms with van der Waals surface area (Å²) < 4.78 is 9.65. The number of hydrogen-bond donors (Lipinski definition) is 1. The molecule has 1 saturated carbocycles. The lowest BCUT2D eigenvalue weighted by Crippen LogP contribution is -2.47. The molecule has 5 aromatic rings. The Hall–Kier alpha value is -4.74. The van der Waals surface area contributed by atoms with Crippen molar-refractivity contribution in [2.75, 3.05) is 0 Å². The van der Waals surface area contributed by atoms with Gasteiger partial charge in [-0.3, -0.25) is 18.7 Å². The number of nitrogens with zero attached hydrogens (tertiary/aromatic N) is 5. The van der Waals surface area contributed by atoms with Gasteiger partial charge in [0.25, 0.3) is 11.8 Å². The van der Waals surface area contributed by atoms with Crippen molar-refractivity contribution in [1.29, 1.82) is 0 Å². The second-order valence-electron chi connectivity index (χ2n) is 12.3. The van der Waals surface area contributed by atoms with Crippen LogP contribution >= 0.6 is 27.5 Å². The Balaban J connectivity index is 1.25. The van der Waals surface area contributed by atoms with Crippen LogP contribution in [0.3, 0.4) is 0 Å². The molecule has 3 heterocycles. The van der Waals surface area contributed by atoms with Crippen LogP contribution in [0.25, 0.3) is 17.1 Å². The molecule has 1 N–H and O–H groups in total. The molecule has 1 aliphatic heterocycles. The maximum Gasteiger partial charge on any atom is 0.333 e. The number of carbonyl (C=O) groups excluding carboxylic acids is 2. The third-order valence-corrected chi connectivity index (χ3v) is 10.1. The zero-order valence-corrected chi connectivity index (χ0v) is 29.4. The fourth-order valence-electron chi connectivity index (χ4n) is 6.08. The van der Waals surface area contributed by atoms with E-state index in [1.807, 2.05) is 56.3 Å². The summed E-state index contributed by atoms with van der Waals surface area (Å²) in [6, 6.07) is 21.5. The predicted molar refractivity (Wildman–Crippen MR) is 190 cm³/mol. The zero-order chi connectivity index (χ0) is 34.2. The van der Waals surface area contributed by atoms with Gasteiger partial charge in [-0.2, -0.15) is 0 Å². The second kappa shape index (κ2) is 13.6. The molecule has 3 aromatic carbocycles. The number of nitrogens with one attached hydrogen (secondary N) is 1. The molecule has 1 aliphatic carbocycles. The van der Waals surface area contributed by atoms with Crippen molar-refractivity contribution in [3.63, 3.8) is 0 Å². The highest BCUT2D eigenvalue weighted by Gasteiger charge is 2.35. The Kier molecular flexibility index (Phi) is 9.13. The Bertz CT molecular complexity index is 2120. The van der Waals surface area contributed by atoms with Gasteiger partial charge in [0.15, 0.2) is 5.82 Å². The highest BCUT2D eigenvalue weighted by Crippen LogP contribution is 2.30. The molecule has 1 fully saturated rings. The number of aromatic nitrogens is 4. The second-order valence-corrected chi connectivity index (χ2v) is 13.6. The lowest BCUT2D eigenvalue weighted by atomic mass is 10.1. The highest BCUT2D eigenvalue weighted by molar-refractivity contribution is 9.10. The molecule has 7 rings (SSSR count). The SMILES string of the molecule is CCc1ccnc(-c2ccccc2CNC(=O)c2c3n(c(=O)n2-c2ccc(OC4CC4)cc2)C[C@H](C)N(C(=O)c2ccc(Br)c(Cl)c2)C3)n1. The first-order valence-electron chi connectivity index (χ1n) is 16.3. The van der Waals surface area contributed by atoms with Crippen LogP contribution in [0.2, 0.25) is 5.02 Å². The quantitative estimate of drug-likeness (QED) is 0.183. The fourth-order valence-corrected chi connectivity index (χ4v) is 6.51. The van der Waals surface area contributed by atoms with Gasteiger partial charge in [-0.15, -0.1) is 0 Å². The third-order valence-electron chi connectivity index (χ3n) is 8.88. The number of amides is 2. The number of aryl methyl sites for hydroxylation is 1. The average Bonchev–Trinajstić information content (AvgIpc) is 3.90. The molecule has 1 atom stereocenters. The minimum Gasteiger partial charge on any atom is -0.490 e. The number of hydrogen-bond acceptors (Lipinski definition) is 6. The summed E-state index contributed by atoms with van der Waals surface area (Å²) in [5.41, 5.74) is 3.75. The van der Waals surface area contributed by atoms with Crippen molar-refractivity contribution in [1.82, 2.24) is 29.3 Å². The smallest absolute Gasteiger partial charge is 0.333 e. The van der Waals surface area contributed by atoms with Gasteiger partial charge in [-0.25, -0.2) is 14.8 Å². The number of imidazole rings is 1. The third kappa shape index (κ3) is 6.65. The Morgan fingerprint density at radius 3 is 2.57 bits per heavy atom. The van der Waals surface area contributed by atoms with Crippen LogP contribution in [0.15, 0.2) is 88.3 Å². The molecule has 0 saturated heterocycles. The van der Waals surface area contributed by atoms with E-state index in [0.717, 1.165) is 36.1 Å². The zero-order valence-electron chi connectivity index (χ0n) is 27.0. The van der Waals surface area contributed by atoms with Crippen LogP contribution in [0, 0.1) is 0 Å². The standard InChI is InChI=1S/C37H34BrClN6O4/c1-3-25-16-17-40-34(42-25)29-7-5-4-6-24(29)19-41-35(46)33-32-21-43(36(47)23-8-15-30(38)31(39)18-23)22(2)20-44(32)37(48)45(33)26-9-11-27(12-10-26)49-28-13-14-28/h4-12,15-18,22,28H,3,13-14,19-21H2,1-2H3,(H,41,46)/t22-/m0/s1. The van der Waals surface area contributed by atoms with Gasteiger partial charge in [-0.1, -0.05) is 42.8 Å². The van der Waals surface area contributed by atoms with E-state index in [2.05, 4.69) is 31.2 Å². The predicted octanol–water partition coefficient (Wildman–Crippen LogP) is 6.59. The summed E-state index contributed by atoms with van der Waals surface area (Å²) in [5.74, 6) is 0.589. The van der Waals surface area contributed by atoms with Gasteiger partial charge in [-0.05, 0) is 96.2 Å². The van der Waals surface area contributed by atoms with E-state index in [1.165, 1.54) is 4.57 Å². The summed E-state index contributed by atoms with van der Waals surface area (Å²) in [6.07, 6.45) is 4.78. The minimum absolute atomic E-state index is 0.0514. The minimum atomic E-state index is -0.448. The summed E-state index contributed by atoms with van der Waals surface area (Å²) in [6.45, 7) is 4.36. The highest BCUT2D eigenvalue weighted by atomic mass is 79.9. The van der Waals surface area contributed by atoms with E-state index in [1.54, 1.807) is 46.0 Å². The monoisotopic (exact) mass is 740 g/mol. The number of carbonyl (C=O) groups is 2. The topological polar surface area (TPSA) is 111 Å². The van der Waals surface area contributed by atoms with Gasteiger partial charge in [0, 0.05) is 46.6 Å². The van der Waals surface area contributed by atoms with Crippen LogP contribution < -0.4 is 15.7 Å². The number of fused-ring (bicyclic) bond motifs is 1. The number of rotatable bonds is 9. The molecule has 2 aromatic heterocycles. The molecule has 49 heavy (non-hydrogen) atoms. The van der Waals surface area contributed by atoms with E-state index in [9.17, 15) is 14.4 Å². The van der Waals surface area contributed by atoms with E-state index in [-0.39, 0.29) is 49.1 Å². The van der Waals surface area contributed by atoms with Crippen molar-refractivity contribution < 1.29 is 14.3 Å². The van der Waals surface area contributed by atoms with Crippen molar-refractivity contribution >= 4 is 39.3 Å². The van der Waals surface area contributed by atoms with Gasteiger partial charge >= 0.3 is 5.69 Å². The molecule has 250 valence electrons. The summed E-state index contributed by atoms with van der Waals surface area (Å²) in [4.78, 5) is 53.1. The average molecular weight is 742 g/mol. The summed E-state index contributed by atoms with van der Waals surface area (Å²) in [5, 5.41) is 3.47. The lowest BCUT2D eigenvalue weighted by molar-refractivity contribution is 0.0610. The molecular weight excluding hydrogens is 708 g/mol. The van der Waals surface area contributed by atoms with Crippen molar-refractivity contribution in [3.8, 4) is 22.8 Å². The Labute approximate surface area is 296 Å². The van der Waals surface area contributed by atoms with Gasteiger partial charge < -0.3 is 15.0 Å². The van der Waals surface area contributed by atoms with Crippen LogP contribution in [0.1, 0.15) is 64.5 Å². The number of ether oxygens (including phenoxy) is 1. The molecule has 0 unspecified atom stereocenters. The molecular formula is C37H34BrClN6O4. The molecule has 0 spiro atoms. The maximum absolute atomic E-state index is 14.3. The van der Waals surface area contributed by atoms with Crippen molar-refractivity contribution in [2.45, 2.75) is 64.9 Å².